The zero-order valence-electron chi connectivity index (χ0n) is 9.99. The van der Waals surface area contributed by atoms with Crippen LogP contribution in [-0.2, 0) is 14.3 Å². The van der Waals surface area contributed by atoms with E-state index in [1.165, 1.54) is 7.11 Å². The van der Waals surface area contributed by atoms with Crippen LogP contribution in [0.2, 0.25) is 0 Å². The lowest BCUT2D eigenvalue weighted by Crippen LogP contribution is -2.55. The van der Waals surface area contributed by atoms with Gasteiger partial charge in [0.1, 0.15) is 5.54 Å². The maximum atomic E-state index is 11.1. The molecule has 2 unspecified atom stereocenters. The Kier molecular flexibility index (Phi) is 5.18. The second kappa shape index (κ2) is 6.18. The van der Waals surface area contributed by atoms with Gasteiger partial charge < -0.3 is 14.6 Å². The van der Waals surface area contributed by atoms with Crippen LogP contribution in [0.4, 0.5) is 0 Å². The highest BCUT2D eigenvalue weighted by atomic mass is 16.5. The normalized spacial score (nSPS) is 25.0. The number of rotatable bonds is 6. The molecule has 0 aromatic heterocycles. The summed E-state index contributed by atoms with van der Waals surface area (Å²) in [7, 11) is 1.50. The molecule has 1 aliphatic rings. The second-order valence-electron chi connectivity index (χ2n) is 4.44. The van der Waals surface area contributed by atoms with Crippen molar-refractivity contribution in [2.24, 2.45) is 0 Å². The quantitative estimate of drug-likeness (QED) is 0.702. The molecule has 1 aliphatic heterocycles. The highest BCUT2D eigenvalue weighted by Crippen LogP contribution is 2.13. The second-order valence-corrected chi connectivity index (χ2v) is 4.44. The minimum atomic E-state index is -1.03. The monoisotopic (exact) mass is 231 g/mol. The summed E-state index contributed by atoms with van der Waals surface area (Å²) in [5, 5.41) is 12.1. The smallest absolute Gasteiger partial charge is 0.326 e. The fourth-order valence-electron chi connectivity index (χ4n) is 1.78. The first-order chi connectivity index (χ1) is 7.58. The number of hydrogen-bond donors (Lipinski definition) is 2. The number of hydrogen-bond acceptors (Lipinski definition) is 4. The van der Waals surface area contributed by atoms with Crippen molar-refractivity contribution < 1.29 is 19.4 Å². The molecule has 0 amide bonds. The van der Waals surface area contributed by atoms with Crippen molar-refractivity contribution in [2.45, 2.75) is 37.8 Å². The van der Waals surface area contributed by atoms with Crippen LogP contribution in [0.1, 0.15) is 26.2 Å². The van der Waals surface area contributed by atoms with Crippen molar-refractivity contribution in [1.29, 1.82) is 0 Å². The third-order valence-electron chi connectivity index (χ3n) is 2.90. The molecule has 0 spiro atoms. The summed E-state index contributed by atoms with van der Waals surface area (Å²) in [6.45, 7) is 3.11. The average Bonchev–Trinajstić information content (AvgIpc) is 2.28. The minimum absolute atomic E-state index is 0.129. The number of carbonyl (C=O) groups is 1. The molecule has 0 aliphatic carbocycles. The molecule has 2 N–H and O–H groups in total. The predicted molar refractivity (Wildman–Crippen MR) is 59.5 cm³/mol. The highest BCUT2D eigenvalue weighted by Gasteiger charge is 2.33. The van der Waals surface area contributed by atoms with E-state index in [4.69, 9.17) is 14.6 Å². The van der Waals surface area contributed by atoms with Gasteiger partial charge in [0.05, 0.1) is 12.7 Å². The van der Waals surface area contributed by atoms with Crippen LogP contribution >= 0.6 is 0 Å². The van der Waals surface area contributed by atoms with Gasteiger partial charge >= 0.3 is 5.97 Å². The van der Waals surface area contributed by atoms with Gasteiger partial charge in [-0.3, -0.25) is 10.1 Å². The van der Waals surface area contributed by atoms with Crippen molar-refractivity contribution >= 4 is 5.97 Å². The van der Waals surface area contributed by atoms with E-state index in [0.29, 0.717) is 6.54 Å². The third-order valence-corrected chi connectivity index (χ3v) is 2.90. The molecule has 0 radical (unpaired) electrons. The summed E-state index contributed by atoms with van der Waals surface area (Å²) >= 11 is 0. The molecule has 16 heavy (non-hydrogen) atoms. The Morgan fingerprint density at radius 2 is 2.38 bits per heavy atom. The van der Waals surface area contributed by atoms with Gasteiger partial charge in [-0.2, -0.15) is 0 Å². The predicted octanol–water partition coefficient (Wildman–Crippen LogP) is 0.635. The average molecular weight is 231 g/mol. The molecule has 2 atom stereocenters. The number of carboxylic acids is 1. The minimum Gasteiger partial charge on any atom is -0.480 e. The van der Waals surface area contributed by atoms with Crippen molar-refractivity contribution in [2.75, 3.05) is 26.9 Å². The Balaban J connectivity index is 2.39. The topological polar surface area (TPSA) is 67.8 Å². The van der Waals surface area contributed by atoms with Crippen LogP contribution in [-0.4, -0.2) is 49.6 Å². The van der Waals surface area contributed by atoms with Gasteiger partial charge in [-0.15, -0.1) is 0 Å². The van der Waals surface area contributed by atoms with E-state index >= 15 is 0 Å². The SMILES string of the molecule is COCC(C)(NCC1CCCCO1)C(=O)O. The standard InChI is InChI=1S/C11H21NO4/c1-11(8-15-2,10(13)14)12-7-9-5-3-4-6-16-9/h9,12H,3-8H2,1-2H3,(H,13,14). The van der Waals surface area contributed by atoms with Gasteiger partial charge in [0, 0.05) is 20.3 Å². The Labute approximate surface area is 96.1 Å². The van der Waals surface area contributed by atoms with Crippen molar-refractivity contribution in [1.82, 2.24) is 5.32 Å². The Bertz CT molecular complexity index is 228. The van der Waals surface area contributed by atoms with Gasteiger partial charge in [-0.25, -0.2) is 0 Å². The van der Waals surface area contributed by atoms with Crippen molar-refractivity contribution in [3.05, 3.63) is 0 Å². The lowest BCUT2D eigenvalue weighted by molar-refractivity contribution is -0.146. The molecule has 1 fully saturated rings. The molecule has 0 bridgehead atoms. The van der Waals surface area contributed by atoms with Crippen LogP contribution in [0.15, 0.2) is 0 Å². The summed E-state index contributed by atoms with van der Waals surface area (Å²) in [4.78, 5) is 11.1. The first-order valence-electron chi connectivity index (χ1n) is 5.67. The molecule has 0 aromatic carbocycles. The number of aliphatic carboxylic acids is 1. The van der Waals surface area contributed by atoms with Crippen LogP contribution in [0.5, 0.6) is 0 Å². The summed E-state index contributed by atoms with van der Waals surface area (Å²) in [5.41, 5.74) is -1.03. The molecule has 5 heteroatoms. The lowest BCUT2D eigenvalue weighted by Gasteiger charge is -2.29. The molecular formula is C11H21NO4. The highest BCUT2D eigenvalue weighted by molar-refractivity contribution is 5.78. The van der Waals surface area contributed by atoms with E-state index in [2.05, 4.69) is 5.32 Å². The van der Waals surface area contributed by atoms with Crippen LogP contribution < -0.4 is 5.32 Å². The van der Waals surface area contributed by atoms with E-state index in [1.807, 2.05) is 0 Å². The summed E-state index contributed by atoms with van der Waals surface area (Å²) in [5.74, 6) is -0.898. The third kappa shape index (κ3) is 3.73. The molecule has 94 valence electrons. The van der Waals surface area contributed by atoms with Crippen molar-refractivity contribution in [3.8, 4) is 0 Å². The van der Waals surface area contributed by atoms with Crippen LogP contribution in [0.25, 0.3) is 0 Å². The summed E-state index contributed by atoms with van der Waals surface area (Å²) in [6.07, 6.45) is 3.38. The number of nitrogens with one attached hydrogen (secondary N) is 1. The Morgan fingerprint density at radius 3 is 2.88 bits per heavy atom. The Hall–Kier alpha value is -0.650. The molecule has 0 aromatic rings. The number of ether oxygens (including phenoxy) is 2. The summed E-state index contributed by atoms with van der Waals surface area (Å²) < 4.78 is 10.5. The molecular weight excluding hydrogens is 210 g/mol. The lowest BCUT2D eigenvalue weighted by atomic mass is 10.0. The molecule has 5 nitrogen and oxygen atoms in total. The maximum Gasteiger partial charge on any atom is 0.326 e. The fraction of sp³-hybridized carbons (Fsp3) is 0.909. The number of methoxy groups -OCH3 is 1. The van der Waals surface area contributed by atoms with E-state index in [-0.39, 0.29) is 12.7 Å². The van der Waals surface area contributed by atoms with Gasteiger partial charge in [0.15, 0.2) is 0 Å². The zero-order chi connectivity index (χ0) is 12.0. The first kappa shape index (κ1) is 13.4. The van der Waals surface area contributed by atoms with Gasteiger partial charge in [-0.05, 0) is 26.2 Å². The fourth-order valence-corrected chi connectivity index (χ4v) is 1.78. The molecule has 1 rings (SSSR count). The maximum absolute atomic E-state index is 11.1. The van der Waals surface area contributed by atoms with E-state index in [0.717, 1.165) is 25.9 Å². The molecule has 1 heterocycles. The van der Waals surface area contributed by atoms with Gasteiger partial charge in [0.2, 0.25) is 0 Å². The number of carboxylic acid groups (broad SMARTS) is 1. The van der Waals surface area contributed by atoms with E-state index < -0.39 is 11.5 Å². The Morgan fingerprint density at radius 1 is 1.62 bits per heavy atom. The van der Waals surface area contributed by atoms with Gasteiger partial charge in [-0.1, -0.05) is 0 Å². The van der Waals surface area contributed by atoms with Crippen molar-refractivity contribution in [3.63, 3.8) is 0 Å². The van der Waals surface area contributed by atoms with E-state index in [1.54, 1.807) is 6.92 Å². The van der Waals surface area contributed by atoms with E-state index in [9.17, 15) is 4.79 Å². The van der Waals surface area contributed by atoms with Crippen LogP contribution in [0, 0.1) is 0 Å². The van der Waals surface area contributed by atoms with Crippen LogP contribution in [0.3, 0.4) is 0 Å². The summed E-state index contributed by atoms with van der Waals surface area (Å²) in [6, 6.07) is 0. The molecule has 1 saturated heterocycles. The largest absolute Gasteiger partial charge is 0.480 e. The van der Waals surface area contributed by atoms with Gasteiger partial charge in [0.25, 0.3) is 0 Å². The molecule has 0 saturated carbocycles. The zero-order valence-corrected chi connectivity index (χ0v) is 9.99. The first-order valence-corrected chi connectivity index (χ1v) is 5.67.